The largest absolute Gasteiger partial charge is 0.488 e. The van der Waals surface area contributed by atoms with Crippen LogP contribution in [0.5, 0.6) is 11.6 Å². The van der Waals surface area contributed by atoms with Crippen LogP contribution in [0.1, 0.15) is 25.5 Å². The van der Waals surface area contributed by atoms with Crippen molar-refractivity contribution in [1.82, 2.24) is 15.0 Å². The highest BCUT2D eigenvalue weighted by Crippen LogP contribution is 2.36. The van der Waals surface area contributed by atoms with Crippen LogP contribution in [-0.2, 0) is 19.2 Å². The summed E-state index contributed by atoms with van der Waals surface area (Å²) in [4.78, 5) is 25.0. The van der Waals surface area contributed by atoms with Crippen LogP contribution in [0.15, 0.2) is 24.4 Å². The average molecular weight is 500 g/mol. The van der Waals surface area contributed by atoms with Crippen LogP contribution in [0.4, 0.5) is 11.6 Å². The van der Waals surface area contributed by atoms with Crippen molar-refractivity contribution in [2.45, 2.75) is 32.8 Å². The van der Waals surface area contributed by atoms with Gasteiger partial charge in [-0.15, -0.1) is 0 Å². The summed E-state index contributed by atoms with van der Waals surface area (Å²) in [6, 6.07) is 5.64. The molecule has 0 saturated carbocycles. The van der Waals surface area contributed by atoms with Gasteiger partial charge < -0.3 is 18.9 Å². The molecule has 0 spiro atoms. The number of nitrogens with one attached hydrogen (secondary N) is 2. The fraction of sp³-hybridized carbons (Fsp3) is 0.375. The lowest BCUT2D eigenvalue weighted by Gasteiger charge is -2.24. The first-order chi connectivity index (χ1) is 16.6. The van der Waals surface area contributed by atoms with E-state index >= 15 is 0 Å². The van der Waals surface area contributed by atoms with Crippen LogP contribution in [0.3, 0.4) is 0 Å². The van der Waals surface area contributed by atoms with Gasteiger partial charge in [0.25, 0.3) is 0 Å². The predicted molar refractivity (Wildman–Crippen MR) is 138 cm³/mol. The molecule has 1 unspecified atom stereocenters. The fourth-order valence-electron chi connectivity index (χ4n) is 3.87. The number of fused-ring (bicyclic) bond motifs is 1. The summed E-state index contributed by atoms with van der Waals surface area (Å²) in [6.07, 6.45) is 4.68. The van der Waals surface area contributed by atoms with Crippen molar-refractivity contribution in [2.75, 3.05) is 36.6 Å². The molecule has 2 aromatic heterocycles. The molecular formula is C24H29N5O5S. The van der Waals surface area contributed by atoms with E-state index in [-0.39, 0.29) is 18.0 Å². The lowest BCUT2D eigenvalue weighted by molar-refractivity contribution is -0.114. The molecule has 1 saturated heterocycles. The highest BCUT2D eigenvalue weighted by molar-refractivity contribution is 8.00. The summed E-state index contributed by atoms with van der Waals surface area (Å²) in [5.74, 6) is 4.51. The summed E-state index contributed by atoms with van der Waals surface area (Å²) in [6.45, 7) is 4.53. The van der Waals surface area contributed by atoms with E-state index in [4.69, 9.17) is 14.2 Å². The Morgan fingerprint density at radius 2 is 1.94 bits per heavy atom. The minimum absolute atomic E-state index is 0.0242. The first-order valence-electron chi connectivity index (χ1n) is 11.1. The Kier molecular flexibility index (Phi) is 7.08. The van der Waals surface area contributed by atoms with E-state index in [1.54, 1.807) is 12.3 Å². The fourth-order valence-corrected chi connectivity index (χ4v) is 4.48. The van der Waals surface area contributed by atoms with Gasteiger partial charge in [-0.2, -0.15) is 0 Å². The van der Waals surface area contributed by atoms with Crippen LogP contribution >= 0.6 is 0 Å². The minimum atomic E-state index is -2.55. The van der Waals surface area contributed by atoms with Crippen LogP contribution in [0, 0.1) is 6.92 Å². The Morgan fingerprint density at radius 1 is 1.20 bits per heavy atom. The number of ether oxygens (including phenoxy) is 3. The SMILES string of the molecule is C=S(C)(=O)Nc1cc(-c2cc(OC3CCOCC3)c3nc(NC(C)=O)nc(C)c3c2)cnc1OC. The number of hydrogen-bond donors (Lipinski definition) is 2. The van der Waals surface area contributed by atoms with Crippen LogP contribution in [-0.4, -0.2) is 63.6 Å². The van der Waals surface area contributed by atoms with Crippen molar-refractivity contribution in [3.8, 4) is 22.8 Å². The van der Waals surface area contributed by atoms with E-state index in [2.05, 4.69) is 30.9 Å². The standard InChI is InChI=1S/C24H29N5O5S/c1-14-19-10-16(17-11-20(29-35(4,5)31)23(32-3)25-13-17)12-21(34-18-6-8-33-9-7-18)22(19)28-24(26-14)27-15(2)30/h10-13,18H,4,6-9H2,1-3,5H3,(H,29,31)(H,26,27,28,30). The first kappa shape index (κ1) is 24.7. The van der Waals surface area contributed by atoms with Gasteiger partial charge in [0.1, 0.15) is 23.1 Å². The summed E-state index contributed by atoms with van der Waals surface area (Å²) in [5.41, 5.74) is 3.31. The molecule has 35 heavy (non-hydrogen) atoms. The van der Waals surface area contributed by atoms with Crippen LogP contribution in [0.25, 0.3) is 22.0 Å². The second kappa shape index (κ2) is 10.0. The molecule has 2 N–H and O–H groups in total. The third kappa shape index (κ3) is 5.98. The van der Waals surface area contributed by atoms with Crippen molar-refractivity contribution in [3.63, 3.8) is 0 Å². The second-order valence-corrected chi connectivity index (χ2v) is 10.7. The highest BCUT2D eigenvalue weighted by atomic mass is 32.2. The molecule has 1 aromatic carbocycles. The summed E-state index contributed by atoms with van der Waals surface area (Å²) in [5, 5.41) is 3.43. The van der Waals surface area contributed by atoms with Crippen molar-refractivity contribution in [3.05, 3.63) is 30.1 Å². The molecular weight excluding hydrogens is 470 g/mol. The zero-order valence-electron chi connectivity index (χ0n) is 20.2. The topological polar surface area (TPSA) is 125 Å². The molecule has 11 heteroatoms. The van der Waals surface area contributed by atoms with Crippen LogP contribution in [0.2, 0.25) is 0 Å². The molecule has 3 aromatic rings. The number of aromatic nitrogens is 3. The van der Waals surface area contributed by atoms with E-state index in [1.807, 2.05) is 19.1 Å². The number of carbonyl (C=O) groups is 1. The average Bonchev–Trinajstić information content (AvgIpc) is 2.78. The van der Waals surface area contributed by atoms with Gasteiger partial charge in [0.15, 0.2) is 0 Å². The van der Waals surface area contributed by atoms with E-state index < -0.39 is 9.71 Å². The Hall–Kier alpha value is -3.44. The van der Waals surface area contributed by atoms with Gasteiger partial charge >= 0.3 is 0 Å². The molecule has 10 nitrogen and oxygen atoms in total. The van der Waals surface area contributed by atoms with E-state index in [0.717, 1.165) is 29.4 Å². The molecule has 3 heterocycles. The van der Waals surface area contributed by atoms with Gasteiger partial charge in [-0.1, -0.05) is 0 Å². The van der Waals surface area contributed by atoms with Crippen molar-refractivity contribution >= 4 is 44.0 Å². The van der Waals surface area contributed by atoms with E-state index in [9.17, 15) is 9.00 Å². The van der Waals surface area contributed by atoms with Crippen LogP contribution < -0.4 is 19.5 Å². The zero-order valence-corrected chi connectivity index (χ0v) is 21.0. The zero-order chi connectivity index (χ0) is 25.2. The van der Waals surface area contributed by atoms with E-state index in [0.29, 0.717) is 41.7 Å². The third-order valence-corrected chi connectivity index (χ3v) is 6.06. The molecule has 1 atom stereocenters. The number of aryl methyl sites for hydroxylation is 1. The molecule has 186 valence electrons. The molecule has 1 aliphatic rings. The number of rotatable bonds is 7. The maximum atomic E-state index is 12.3. The molecule has 1 aliphatic heterocycles. The number of methoxy groups -OCH3 is 1. The summed E-state index contributed by atoms with van der Waals surface area (Å²) in [7, 11) is -1.06. The number of benzene rings is 1. The monoisotopic (exact) mass is 499 g/mol. The maximum absolute atomic E-state index is 12.3. The summed E-state index contributed by atoms with van der Waals surface area (Å²) >= 11 is 0. The second-order valence-electron chi connectivity index (χ2n) is 8.50. The van der Waals surface area contributed by atoms with Gasteiger partial charge in [0, 0.05) is 52.9 Å². The molecule has 0 radical (unpaired) electrons. The lowest BCUT2D eigenvalue weighted by atomic mass is 10.0. The molecule has 4 rings (SSSR count). The number of amides is 1. The molecule has 1 amide bonds. The summed E-state index contributed by atoms with van der Waals surface area (Å²) < 4.78 is 32.4. The van der Waals surface area contributed by atoms with Gasteiger partial charge in [0.05, 0.1) is 26.0 Å². The quantitative estimate of drug-likeness (QED) is 0.475. The predicted octanol–water partition coefficient (Wildman–Crippen LogP) is 3.20. The number of carbonyl (C=O) groups excluding carboxylic acids is 1. The third-order valence-electron chi connectivity index (χ3n) is 5.41. The van der Waals surface area contributed by atoms with Gasteiger partial charge in [-0.3, -0.25) is 10.1 Å². The van der Waals surface area contributed by atoms with Crippen molar-refractivity contribution < 1.29 is 23.2 Å². The number of anilines is 2. The van der Waals surface area contributed by atoms with Gasteiger partial charge in [-0.25, -0.2) is 19.2 Å². The van der Waals surface area contributed by atoms with Crippen molar-refractivity contribution in [1.29, 1.82) is 0 Å². The number of hydrogen-bond acceptors (Lipinski definition) is 8. The van der Waals surface area contributed by atoms with Crippen molar-refractivity contribution in [2.24, 2.45) is 0 Å². The van der Waals surface area contributed by atoms with Gasteiger partial charge in [0.2, 0.25) is 17.7 Å². The Balaban J connectivity index is 1.86. The number of nitrogens with zero attached hydrogens (tertiary/aromatic N) is 3. The molecule has 0 bridgehead atoms. The Labute approximate surface area is 204 Å². The molecule has 1 fully saturated rings. The first-order valence-corrected chi connectivity index (χ1v) is 13.3. The Bertz CT molecular complexity index is 1370. The normalized spacial score (nSPS) is 15.9. The highest BCUT2D eigenvalue weighted by Gasteiger charge is 2.20. The van der Waals surface area contributed by atoms with Gasteiger partial charge in [-0.05, 0) is 36.6 Å². The Morgan fingerprint density at radius 3 is 2.60 bits per heavy atom. The lowest BCUT2D eigenvalue weighted by Crippen LogP contribution is -2.26. The smallest absolute Gasteiger partial charge is 0.238 e. The van der Waals surface area contributed by atoms with E-state index in [1.165, 1.54) is 20.3 Å². The maximum Gasteiger partial charge on any atom is 0.238 e. The minimum Gasteiger partial charge on any atom is -0.488 e. The molecule has 0 aliphatic carbocycles. The number of pyridine rings is 1.